The van der Waals surface area contributed by atoms with Crippen molar-refractivity contribution in [3.8, 4) is 0 Å². The van der Waals surface area contributed by atoms with Crippen LogP contribution in [-0.2, 0) is 14.8 Å². The Balaban J connectivity index is 2.36. The fraction of sp³-hybridized carbons (Fsp3) is 0.571. The van der Waals surface area contributed by atoms with Gasteiger partial charge in [-0.1, -0.05) is 17.7 Å². The molecule has 0 spiro atoms. The summed E-state index contributed by atoms with van der Waals surface area (Å²) in [5.74, 6) is 0. The molecule has 0 N–H and O–H groups in total. The highest BCUT2D eigenvalue weighted by atomic mass is 32.2. The van der Waals surface area contributed by atoms with E-state index in [9.17, 15) is 8.42 Å². The summed E-state index contributed by atoms with van der Waals surface area (Å²) >= 11 is 0. The van der Waals surface area contributed by atoms with Crippen LogP contribution >= 0.6 is 0 Å². The van der Waals surface area contributed by atoms with Gasteiger partial charge in [0.25, 0.3) is 0 Å². The Hall–Kier alpha value is -0.910. The lowest BCUT2D eigenvalue weighted by atomic mass is 10.2. The second kappa shape index (κ2) is 5.61. The molecule has 0 radical (unpaired) electrons. The molecule has 1 aromatic carbocycles. The van der Waals surface area contributed by atoms with Gasteiger partial charge < -0.3 is 4.74 Å². The number of methoxy groups -OCH3 is 1. The van der Waals surface area contributed by atoms with E-state index >= 15 is 0 Å². The quantitative estimate of drug-likeness (QED) is 0.850. The van der Waals surface area contributed by atoms with Crippen molar-refractivity contribution >= 4 is 10.0 Å². The molecule has 0 saturated carbocycles. The van der Waals surface area contributed by atoms with Crippen LogP contribution in [0.4, 0.5) is 0 Å². The van der Waals surface area contributed by atoms with Gasteiger partial charge in [0, 0.05) is 19.7 Å². The highest BCUT2D eigenvalue weighted by Gasteiger charge is 2.35. The molecule has 1 fully saturated rings. The van der Waals surface area contributed by atoms with Crippen LogP contribution < -0.4 is 0 Å². The Kier molecular flexibility index (Phi) is 4.28. The smallest absolute Gasteiger partial charge is 0.243 e. The van der Waals surface area contributed by atoms with Crippen LogP contribution in [0.3, 0.4) is 0 Å². The number of sulfonamides is 1. The highest BCUT2D eigenvalue weighted by Crippen LogP contribution is 2.28. The van der Waals surface area contributed by atoms with Gasteiger partial charge in [0.15, 0.2) is 0 Å². The van der Waals surface area contributed by atoms with Crippen LogP contribution in [0.5, 0.6) is 0 Å². The SMILES string of the molecule is COCC1CCCN1S(=O)(=O)c1ccc(C)cc1C. The molecule has 0 aliphatic carbocycles. The van der Waals surface area contributed by atoms with Gasteiger partial charge in [-0.05, 0) is 38.3 Å². The van der Waals surface area contributed by atoms with Gasteiger partial charge in [-0.2, -0.15) is 4.31 Å². The van der Waals surface area contributed by atoms with E-state index in [1.54, 1.807) is 17.5 Å². The first-order valence-corrected chi connectivity index (χ1v) is 7.99. The van der Waals surface area contributed by atoms with Crippen LogP contribution in [0.1, 0.15) is 24.0 Å². The molecular formula is C14H21NO3S. The van der Waals surface area contributed by atoms with E-state index in [-0.39, 0.29) is 6.04 Å². The Morgan fingerprint density at radius 1 is 1.37 bits per heavy atom. The Labute approximate surface area is 115 Å². The molecule has 19 heavy (non-hydrogen) atoms. The topological polar surface area (TPSA) is 46.6 Å². The van der Waals surface area contributed by atoms with Crippen molar-refractivity contribution in [1.82, 2.24) is 4.31 Å². The number of rotatable bonds is 4. The third kappa shape index (κ3) is 2.83. The second-order valence-electron chi connectivity index (χ2n) is 5.14. The summed E-state index contributed by atoms with van der Waals surface area (Å²) in [6.07, 6.45) is 1.77. The van der Waals surface area contributed by atoms with Gasteiger partial charge in [0.1, 0.15) is 0 Å². The van der Waals surface area contributed by atoms with Crippen molar-refractivity contribution in [3.05, 3.63) is 29.3 Å². The van der Waals surface area contributed by atoms with E-state index in [1.165, 1.54) is 0 Å². The Morgan fingerprint density at radius 2 is 2.11 bits per heavy atom. The summed E-state index contributed by atoms with van der Waals surface area (Å²) in [6.45, 7) is 4.86. The third-order valence-corrected chi connectivity index (χ3v) is 5.71. The first kappa shape index (κ1) is 14.5. The zero-order valence-corrected chi connectivity index (χ0v) is 12.5. The van der Waals surface area contributed by atoms with Crippen molar-refractivity contribution in [3.63, 3.8) is 0 Å². The predicted octanol–water partition coefficient (Wildman–Crippen LogP) is 2.10. The molecule has 1 heterocycles. The summed E-state index contributed by atoms with van der Waals surface area (Å²) in [5, 5.41) is 0. The molecule has 5 heteroatoms. The van der Waals surface area contributed by atoms with Crippen molar-refractivity contribution in [1.29, 1.82) is 0 Å². The summed E-state index contributed by atoms with van der Waals surface area (Å²) in [6, 6.07) is 5.44. The fourth-order valence-corrected chi connectivity index (χ4v) is 4.59. The van der Waals surface area contributed by atoms with Crippen LogP contribution in [0, 0.1) is 13.8 Å². The van der Waals surface area contributed by atoms with Gasteiger partial charge in [0.05, 0.1) is 11.5 Å². The summed E-state index contributed by atoms with van der Waals surface area (Å²) in [7, 11) is -1.79. The molecule has 4 nitrogen and oxygen atoms in total. The molecule has 1 saturated heterocycles. The molecule has 1 unspecified atom stereocenters. The lowest BCUT2D eigenvalue weighted by molar-refractivity contribution is 0.149. The lowest BCUT2D eigenvalue weighted by Crippen LogP contribution is -2.38. The fourth-order valence-electron chi connectivity index (χ4n) is 2.70. The van der Waals surface area contributed by atoms with E-state index in [2.05, 4.69) is 0 Å². The summed E-state index contributed by atoms with van der Waals surface area (Å²) < 4.78 is 32.2. The minimum absolute atomic E-state index is 0.0318. The lowest BCUT2D eigenvalue weighted by Gasteiger charge is -2.24. The van der Waals surface area contributed by atoms with Gasteiger partial charge >= 0.3 is 0 Å². The largest absolute Gasteiger partial charge is 0.383 e. The third-order valence-electron chi connectivity index (χ3n) is 3.60. The second-order valence-corrected chi connectivity index (χ2v) is 7.00. The molecule has 1 aliphatic rings. The molecule has 1 aliphatic heterocycles. The first-order valence-electron chi connectivity index (χ1n) is 6.55. The molecule has 0 aromatic heterocycles. The minimum Gasteiger partial charge on any atom is -0.383 e. The van der Waals surface area contributed by atoms with Gasteiger partial charge in [-0.15, -0.1) is 0 Å². The zero-order chi connectivity index (χ0) is 14.0. The maximum atomic E-state index is 12.7. The van der Waals surface area contributed by atoms with Crippen molar-refractivity contribution in [2.24, 2.45) is 0 Å². The number of nitrogens with zero attached hydrogens (tertiary/aromatic N) is 1. The molecule has 106 valence electrons. The Bertz CT molecular complexity index is 554. The van der Waals surface area contributed by atoms with Crippen LogP contribution in [0.2, 0.25) is 0 Å². The minimum atomic E-state index is -3.40. The van der Waals surface area contributed by atoms with Crippen molar-refractivity contribution in [2.75, 3.05) is 20.3 Å². The van der Waals surface area contributed by atoms with E-state index in [4.69, 9.17) is 4.74 Å². The van der Waals surface area contributed by atoms with Gasteiger partial charge in [0.2, 0.25) is 10.0 Å². The van der Waals surface area contributed by atoms with Crippen molar-refractivity contribution < 1.29 is 13.2 Å². The average Bonchev–Trinajstić information content (AvgIpc) is 2.78. The standard InChI is InChI=1S/C14H21NO3S/c1-11-6-7-14(12(2)9-11)19(16,17)15-8-4-5-13(15)10-18-3/h6-7,9,13H,4-5,8,10H2,1-3H3. The Morgan fingerprint density at radius 3 is 2.74 bits per heavy atom. The molecule has 2 rings (SSSR count). The average molecular weight is 283 g/mol. The number of hydrogen-bond donors (Lipinski definition) is 0. The first-order chi connectivity index (χ1) is 8.96. The van der Waals surface area contributed by atoms with Crippen LogP contribution in [0.25, 0.3) is 0 Å². The van der Waals surface area contributed by atoms with Crippen LogP contribution in [-0.4, -0.2) is 39.0 Å². The highest BCUT2D eigenvalue weighted by molar-refractivity contribution is 7.89. The number of ether oxygens (including phenoxy) is 1. The summed E-state index contributed by atoms with van der Waals surface area (Å²) in [5.41, 5.74) is 1.88. The van der Waals surface area contributed by atoms with E-state index in [0.717, 1.165) is 24.0 Å². The maximum Gasteiger partial charge on any atom is 0.243 e. The number of benzene rings is 1. The molecule has 0 bridgehead atoms. The van der Waals surface area contributed by atoms with E-state index in [1.807, 2.05) is 26.0 Å². The van der Waals surface area contributed by atoms with Gasteiger partial charge in [-0.3, -0.25) is 0 Å². The van der Waals surface area contributed by atoms with Crippen LogP contribution in [0.15, 0.2) is 23.1 Å². The molecular weight excluding hydrogens is 262 g/mol. The predicted molar refractivity (Wildman–Crippen MR) is 74.7 cm³/mol. The number of hydrogen-bond acceptors (Lipinski definition) is 3. The normalized spacial score (nSPS) is 20.9. The number of aryl methyl sites for hydroxylation is 2. The van der Waals surface area contributed by atoms with Gasteiger partial charge in [-0.25, -0.2) is 8.42 Å². The molecule has 0 amide bonds. The zero-order valence-electron chi connectivity index (χ0n) is 11.7. The van der Waals surface area contributed by atoms with Crippen molar-refractivity contribution in [2.45, 2.75) is 37.6 Å². The van der Waals surface area contributed by atoms with E-state index in [0.29, 0.717) is 18.0 Å². The molecule has 1 atom stereocenters. The monoisotopic (exact) mass is 283 g/mol. The maximum absolute atomic E-state index is 12.7. The summed E-state index contributed by atoms with van der Waals surface area (Å²) in [4.78, 5) is 0.418. The van der Waals surface area contributed by atoms with E-state index < -0.39 is 10.0 Å². The molecule has 1 aromatic rings.